The molecule has 0 amide bonds. The van der Waals surface area contributed by atoms with Gasteiger partial charge in [0.1, 0.15) is 0 Å². The second-order valence-electron chi connectivity index (χ2n) is 2.54. The summed E-state index contributed by atoms with van der Waals surface area (Å²) in [5.74, 6) is 0. The fraction of sp³-hybridized carbons (Fsp3) is 0.667. The molecular weight excluding hydrogens is 351 g/mol. The summed E-state index contributed by atoms with van der Waals surface area (Å²) in [4.78, 5) is 0. The number of nitriles is 4. The van der Waals surface area contributed by atoms with Crippen molar-refractivity contribution in [3.63, 3.8) is 0 Å². The average molecular weight is 371 g/mol. The first-order valence-corrected chi connectivity index (χ1v) is 6.01. The number of hydrogen-bond acceptors (Lipinski definition) is 4. The first kappa shape index (κ1) is 37.0. The van der Waals surface area contributed by atoms with Crippen LogP contribution < -0.4 is 0 Å². The van der Waals surface area contributed by atoms with Crippen LogP contribution in [0.1, 0.15) is 53.4 Å². The first-order chi connectivity index (χ1) is 9.66. The Morgan fingerprint density at radius 2 is 0.636 bits per heavy atom. The molecule has 130 valence electrons. The number of rotatable bonds is 0. The number of nitrogens with zero attached hydrogens (tertiary/aromatic N) is 4. The summed E-state index contributed by atoms with van der Waals surface area (Å²) in [5, 5.41) is 30.5. The molecule has 0 saturated heterocycles. The summed E-state index contributed by atoms with van der Waals surface area (Å²) in [6.45, 7) is 7.28. The smallest absolute Gasteiger partial charge is 0.418 e. The average Bonchev–Trinajstić information content (AvgIpc) is 2.45. The molecule has 0 aromatic heterocycles. The SMILES string of the molecule is CCC#N.CCC#N.CCC#N.CCC#N.F[B-](F)(F)F.[Cu+]. The third-order valence-corrected chi connectivity index (χ3v) is 0.632. The van der Waals surface area contributed by atoms with Gasteiger partial charge in [0.05, 0.1) is 24.3 Å². The molecule has 0 atom stereocenters. The first-order valence-electron chi connectivity index (χ1n) is 6.01. The number of hydrogen-bond donors (Lipinski definition) is 0. The second kappa shape index (κ2) is 42.7. The van der Waals surface area contributed by atoms with Crippen LogP contribution in [-0.2, 0) is 17.1 Å². The molecular formula is C12H20BCuF4N4. The zero-order valence-corrected chi connectivity index (χ0v) is 13.9. The van der Waals surface area contributed by atoms with Crippen LogP contribution in [0.2, 0.25) is 0 Å². The van der Waals surface area contributed by atoms with Crippen LogP contribution in [0.3, 0.4) is 0 Å². The Kier molecular flexibility index (Phi) is 71.8. The van der Waals surface area contributed by atoms with Crippen molar-refractivity contribution >= 4 is 7.25 Å². The topological polar surface area (TPSA) is 95.2 Å². The van der Waals surface area contributed by atoms with Crippen LogP contribution >= 0.6 is 0 Å². The third-order valence-electron chi connectivity index (χ3n) is 0.632. The quantitative estimate of drug-likeness (QED) is 0.444. The Morgan fingerprint density at radius 3 is 0.636 bits per heavy atom. The van der Waals surface area contributed by atoms with Crippen LogP contribution in [0.15, 0.2) is 0 Å². The molecule has 0 fully saturated rings. The van der Waals surface area contributed by atoms with Gasteiger partial charge in [0.15, 0.2) is 0 Å². The summed E-state index contributed by atoms with van der Waals surface area (Å²) in [6.07, 6.45) is 2.50. The molecule has 0 spiro atoms. The Balaban J connectivity index is -0.0000000361. The van der Waals surface area contributed by atoms with E-state index in [-0.39, 0.29) is 17.1 Å². The molecule has 10 heteroatoms. The van der Waals surface area contributed by atoms with Gasteiger partial charge >= 0.3 is 24.3 Å². The van der Waals surface area contributed by atoms with E-state index in [4.69, 9.17) is 21.0 Å². The van der Waals surface area contributed by atoms with Gasteiger partial charge in [-0.15, -0.1) is 0 Å². The van der Waals surface area contributed by atoms with E-state index in [0.717, 1.165) is 0 Å². The Hall–Kier alpha value is -1.74. The fourth-order valence-electron chi connectivity index (χ4n) is 0. The molecule has 0 aliphatic rings. The maximum Gasteiger partial charge on any atom is 1.00 e. The maximum atomic E-state index is 9.75. The largest absolute Gasteiger partial charge is 1.00 e. The molecule has 0 saturated carbocycles. The minimum Gasteiger partial charge on any atom is -0.418 e. The number of halogens is 4. The Labute approximate surface area is 140 Å². The van der Waals surface area contributed by atoms with Gasteiger partial charge in [-0.2, -0.15) is 21.0 Å². The molecule has 0 bridgehead atoms. The van der Waals surface area contributed by atoms with Crippen molar-refractivity contribution in [1.82, 2.24) is 0 Å². The van der Waals surface area contributed by atoms with Crippen molar-refractivity contribution in [2.24, 2.45) is 0 Å². The molecule has 0 radical (unpaired) electrons. The minimum absolute atomic E-state index is 0. The van der Waals surface area contributed by atoms with Crippen molar-refractivity contribution in [3.8, 4) is 24.3 Å². The van der Waals surface area contributed by atoms with Crippen LogP contribution in [0, 0.1) is 45.3 Å². The standard InChI is InChI=1S/4C3H5N.BF4.Cu/c4*1-2-3-4;2-1(3,4)5;/h4*2H2,1H3;;/q;;;;-1;+1. The third kappa shape index (κ3) is 1060. The van der Waals surface area contributed by atoms with Gasteiger partial charge in [-0.25, -0.2) is 0 Å². The predicted molar refractivity (Wildman–Crippen MR) is 73.8 cm³/mol. The molecule has 0 aliphatic carbocycles. The Bertz CT molecular complexity index is 275. The molecule has 0 aliphatic heterocycles. The van der Waals surface area contributed by atoms with Crippen molar-refractivity contribution in [2.75, 3.05) is 0 Å². The van der Waals surface area contributed by atoms with E-state index in [1.165, 1.54) is 0 Å². The van der Waals surface area contributed by atoms with Crippen LogP contribution in [0.4, 0.5) is 17.3 Å². The predicted octanol–water partition coefficient (Wildman–Crippen LogP) is 4.98. The van der Waals surface area contributed by atoms with Crippen molar-refractivity contribution < 1.29 is 34.3 Å². The normalized spacial score (nSPS) is 6.36. The van der Waals surface area contributed by atoms with Gasteiger partial charge in [0.25, 0.3) is 0 Å². The van der Waals surface area contributed by atoms with Gasteiger partial charge in [0, 0.05) is 25.7 Å². The van der Waals surface area contributed by atoms with Crippen LogP contribution in [-0.4, -0.2) is 7.25 Å². The molecule has 0 aromatic carbocycles. The van der Waals surface area contributed by atoms with Gasteiger partial charge in [0.2, 0.25) is 0 Å². The van der Waals surface area contributed by atoms with Crippen molar-refractivity contribution in [1.29, 1.82) is 21.0 Å². The van der Waals surface area contributed by atoms with E-state index in [9.17, 15) is 17.3 Å². The van der Waals surface area contributed by atoms with E-state index >= 15 is 0 Å². The molecule has 0 N–H and O–H groups in total. The van der Waals surface area contributed by atoms with E-state index in [0.29, 0.717) is 25.7 Å². The van der Waals surface area contributed by atoms with Gasteiger partial charge < -0.3 is 17.3 Å². The van der Waals surface area contributed by atoms with E-state index in [1.807, 2.05) is 52.0 Å². The molecule has 0 unspecified atom stereocenters. The summed E-state index contributed by atoms with van der Waals surface area (Å²) in [7, 11) is -6.00. The van der Waals surface area contributed by atoms with E-state index in [1.54, 1.807) is 0 Å². The summed E-state index contributed by atoms with van der Waals surface area (Å²) in [5.41, 5.74) is 0. The van der Waals surface area contributed by atoms with Crippen LogP contribution in [0.5, 0.6) is 0 Å². The van der Waals surface area contributed by atoms with Crippen LogP contribution in [0.25, 0.3) is 0 Å². The molecule has 0 heterocycles. The monoisotopic (exact) mass is 370 g/mol. The van der Waals surface area contributed by atoms with E-state index < -0.39 is 7.25 Å². The summed E-state index contributed by atoms with van der Waals surface area (Å²) < 4.78 is 39.0. The van der Waals surface area contributed by atoms with E-state index in [2.05, 4.69) is 0 Å². The minimum atomic E-state index is -6.00. The molecule has 22 heavy (non-hydrogen) atoms. The van der Waals surface area contributed by atoms with Crippen molar-refractivity contribution in [3.05, 3.63) is 0 Å². The Morgan fingerprint density at radius 1 is 0.591 bits per heavy atom. The van der Waals surface area contributed by atoms with Crippen molar-refractivity contribution in [2.45, 2.75) is 53.4 Å². The summed E-state index contributed by atoms with van der Waals surface area (Å²) >= 11 is 0. The second-order valence-corrected chi connectivity index (χ2v) is 2.54. The fourth-order valence-corrected chi connectivity index (χ4v) is 0. The molecule has 0 aromatic rings. The van der Waals surface area contributed by atoms with Gasteiger partial charge in [-0.05, 0) is 0 Å². The zero-order valence-electron chi connectivity index (χ0n) is 13.0. The molecule has 0 rings (SSSR count). The maximum absolute atomic E-state index is 9.75. The van der Waals surface area contributed by atoms with Gasteiger partial charge in [-0.3, -0.25) is 0 Å². The summed E-state index contributed by atoms with van der Waals surface area (Å²) in [6, 6.07) is 7.72. The van der Waals surface area contributed by atoms with Gasteiger partial charge in [-0.1, -0.05) is 27.7 Å². The zero-order chi connectivity index (χ0) is 18.2. The molecule has 4 nitrogen and oxygen atoms in total.